The lowest BCUT2D eigenvalue weighted by Crippen LogP contribution is -2.34. The minimum absolute atomic E-state index is 1.06. The molecule has 18 aromatic rings. The second-order valence-electron chi connectivity index (χ2n) is 32.6. The standard InChI is InChI=1S/C48H30O31.C42H28O27/c49-17-9(18(50)11(14-29(61)41(73)45(77)42(74)30(14)62)19(51)10(17)13-27(59)39(71)44(76)40(72)28(13)60)2-5-3(21(53)33(65)35(67)23(5)55)1(4-6(2)24(56)36(68)34(66)22(4)54)7-8-16-20(52)12-15(31(63)38(70)37(69)26(12)58)32(64)48(16)79-47(8)46(78)43(75)25(7)57;43-15-10-13(28(56)35(63)34(62)25(10)53)29(57)42-14(15)8-7(20(48)38(66)40(68)41(8)69-42)1-3-5(18(46)32(60)30(58)16(3)44)2(6-4(1)17(45)31(59)33(61)19(6)47)9-21(49)23(51)11(24(52)22(9)50)12-26(54)36(64)39(67)37(65)27(12)55/h49-78H;21,23,43-68H. The maximum Gasteiger partial charge on any atom is 0.208 e. The van der Waals surface area contributed by atoms with E-state index in [9.17, 15) is 286 Å². The molecule has 19 rings (SSSR count). The zero-order chi connectivity index (χ0) is 109. The Bertz CT molecular complexity index is 9180. The van der Waals surface area contributed by atoms with Gasteiger partial charge in [0.05, 0.1) is 65.7 Å². The normalized spacial score (nSPS) is 13.5. The van der Waals surface area contributed by atoms with Gasteiger partial charge in [-0.15, -0.1) is 0 Å². The summed E-state index contributed by atoms with van der Waals surface area (Å²) in [6, 6.07) is 0. The van der Waals surface area contributed by atoms with E-state index in [-0.39, 0.29) is 0 Å². The summed E-state index contributed by atoms with van der Waals surface area (Å²) in [5.41, 5.74) is -26.4. The van der Waals surface area contributed by atoms with Gasteiger partial charge in [0.1, 0.15) is 41.0 Å². The Kier molecular flexibility index (Phi) is 19.6. The predicted octanol–water partition coefficient (Wildman–Crippen LogP) is 8.09. The Hall–Kier alpha value is -22.7. The Labute approximate surface area is 801 Å². The molecule has 0 saturated carbocycles. The lowest BCUT2D eigenvalue weighted by atomic mass is 9.77. The summed E-state index contributed by atoms with van der Waals surface area (Å²) in [4.78, 5) is 0. The number of aromatic hydroxyl groups is 52. The van der Waals surface area contributed by atoms with Crippen LogP contribution in [0.4, 0.5) is 0 Å². The van der Waals surface area contributed by atoms with E-state index in [2.05, 4.69) is 0 Å². The van der Waals surface area contributed by atoms with Gasteiger partial charge in [0.2, 0.25) is 144 Å². The Balaban J connectivity index is 0.000000195. The second-order valence-corrected chi connectivity index (χ2v) is 32.6. The Morgan fingerprint density at radius 2 is 0.236 bits per heavy atom. The van der Waals surface area contributed by atoms with Gasteiger partial charge in [0.15, 0.2) is 160 Å². The highest BCUT2D eigenvalue weighted by molar-refractivity contribution is 6.37. The fraction of sp³-hybridized carbons (Fsp3) is 0.0222. The number of aliphatic hydroxyl groups is 4. The summed E-state index contributed by atoms with van der Waals surface area (Å²) in [5, 5.41) is 606. The Morgan fingerprint density at radius 1 is 0.0946 bits per heavy atom. The van der Waals surface area contributed by atoms with Crippen molar-refractivity contribution in [2.24, 2.45) is 0 Å². The van der Waals surface area contributed by atoms with Crippen molar-refractivity contribution in [1.29, 1.82) is 0 Å². The average Bonchev–Trinajstić information content (AvgIpc) is 1.23. The minimum Gasteiger partial charge on any atom is -0.506 e. The highest BCUT2D eigenvalue weighted by Gasteiger charge is 2.49. The van der Waals surface area contributed by atoms with E-state index in [1.807, 2.05) is 0 Å². The monoisotopic (exact) mass is 2070 g/mol. The first-order chi connectivity index (χ1) is 69.0. The molecule has 2 heterocycles. The molecule has 16 aromatic carbocycles. The van der Waals surface area contributed by atoms with Crippen molar-refractivity contribution in [2.45, 2.75) is 12.2 Å². The van der Waals surface area contributed by atoms with Gasteiger partial charge in [0, 0.05) is 98.4 Å². The molecule has 0 radical (unpaired) electrons. The van der Waals surface area contributed by atoms with E-state index >= 15 is 0 Å². The van der Waals surface area contributed by atoms with Gasteiger partial charge in [-0.25, -0.2) is 0 Å². The largest absolute Gasteiger partial charge is 0.506 e. The number of furan rings is 2. The molecular weight excluding hydrogens is 2010 g/mol. The van der Waals surface area contributed by atoms with Crippen molar-refractivity contribution in [2.75, 3.05) is 0 Å². The molecule has 0 fully saturated rings. The van der Waals surface area contributed by atoms with Crippen LogP contribution < -0.4 is 0 Å². The third-order valence-corrected chi connectivity index (χ3v) is 25.3. The van der Waals surface area contributed by atoms with Crippen LogP contribution in [-0.4, -0.2) is 298 Å². The molecule has 766 valence electrons. The predicted molar refractivity (Wildman–Crippen MR) is 484 cm³/mol. The van der Waals surface area contributed by atoms with Crippen molar-refractivity contribution >= 4 is 120 Å². The first kappa shape index (κ1) is 95.6. The number of aliphatic hydroxyl groups excluding tert-OH is 4. The number of rotatable bonds is 7. The Morgan fingerprint density at radius 3 is 0.466 bits per heavy atom. The second kappa shape index (κ2) is 30.4. The molecule has 1 aliphatic carbocycles. The van der Waals surface area contributed by atoms with E-state index in [1.165, 1.54) is 0 Å². The molecule has 2 unspecified atom stereocenters. The van der Waals surface area contributed by atoms with Crippen LogP contribution >= 0.6 is 0 Å². The van der Waals surface area contributed by atoms with Gasteiger partial charge in [-0.3, -0.25) is 0 Å². The number of benzene rings is 16. The molecule has 2 aromatic heterocycles. The quantitative estimate of drug-likeness (QED) is 0.0407. The van der Waals surface area contributed by atoms with Crippen LogP contribution in [0.25, 0.3) is 175 Å². The van der Waals surface area contributed by atoms with Crippen molar-refractivity contribution in [3.8, 4) is 355 Å². The number of hydrogen-bond acceptors (Lipinski definition) is 58. The van der Waals surface area contributed by atoms with E-state index in [0.717, 1.165) is 0 Å². The molecule has 58 nitrogen and oxygen atoms in total. The molecule has 0 bridgehead atoms. The molecule has 0 saturated heterocycles. The van der Waals surface area contributed by atoms with Gasteiger partial charge in [-0.2, -0.15) is 0 Å². The number of phenolic OH excluding ortho intramolecular Hbond substituents is 52. The lowest BCUT2D eigenvalue weighted by Gasteiger charge is -2.32. The van der Waals surface area contributed by atoms with Crippen LogP contribution in [0.5, 0.6) is 299 Å². The molecule has 2 atom stereocenters. The zero-order valence-electron chi connectivity index (χ0n) is 71.0. The van der Waals surface area contributed by atoms with Gasteiger partial charge in [-0.1, -0.05) is 0 Å². The summed E-state index contributed by atoms with van der Waals surface area (Å²) in [6.45, 7) is 0. The topological polar surface area (TPSA) is 1160 Å². The number of hydrogen-bond donors (Lipinski definition) is 56. The number of phenols is 52. The zero-order valence-corrected chi connectivity index (χ0v) is 71.0. The minimum atomic E-state index is -2.97. The van der Waals surface area contributed by atoms with E-state index in [4.69, 9.17) is 8.83 Å². The van der Waals surface area contributed by atoms with E-state index in [1.54, 1.807) is 0 Å². The first-order valence-electron chi connectivity index (χ1n) is 39.8. The molecule has 0 aliphatic heterocycles. The van der Waals surface area contributed by atoms with Crippen LogP contribution in [0.15, 0.2) is 20.4 Å². The van der Waals surface area contributed by atoms with Crippen LogP contribution in [0.1, 0.15) is 11.1 Å². The van der Waals surface area contributed by atoms with E-state index in [0.29, 0.717) is 0 Å². The molecule has 0 amide bonds. The van der Waals surface area contributed by atoms with Gasteiger partial charge >= 0.3 is 0 Å². The maximum absolute atomic E-state index is 12.5. The highest BCUT2D eigenvalue weighted by Crippen LogP contribution is 2.75. The van der Waals surface area contributed by atoms with Crippen LogP contribution in [0.3, 0.4) is 0 Å². The first-order valence-corrected chi connectivity index (χ1v) is 39.8. The fourth-order valence-electron chi connectivity index (χ4n) is 18.5. The lowest BCUT2D eigenvalue weighted by molar-refractivity contribution is 0.0853. The molecule has 0 spiro atoms. The van der Waals surface area contributed by atoms with Gasteiger partial charge < -0.3 is 295 Å². The highest BCUT2D eigenvalue weighted by atomic mass is 16.4. The smallest absolute Gasteiger partial charge is 0.208 e. The molecule has 56 N–H and O–H groups in total. The molecule has 1 aliphatic rings. The van der Waals surface area contributed by atoms with E-state index < -0.39 is 509 Å². The van der Waals surface area contributed by atoms with Crippen LogP contribution in [-0.2, 0) is 0 Å². The average molecular weight is 2070 g/mol. The van der Waals surface area contributed by atoms with Gasteiger partial charge in [-0.05, 0) is 0 Å². The summed E-state index contributed by atoms with van der Waals surface area (Å²) >= 11 is 0. The molecule has 58 heteroatoms. The fourth-order valence-corrected chi connectivity index (χ4v) is 18.5. The SMILES string of the molecule is OC1=C(c2c(O)c(O)c(O)c(O)c2O)C(O)C(O)C(c2c3c(O)c(O)c(O)c(O)c3c(-c3c(O)c(O)c(O)c4oc5c(O)c6c(O)c(O)c(O)c(O)c6c(O)c5c34)c3c(O)c(O)c(O)c(O)c23)=C1O.Oc1c(O)c(O)c(-c2c(O)c(-c3c(O)c(O)c(O)c(O)c3O)c(O)c(-c3c4c(O)c(O)c(O)c(O)c4c(-c4c(O)c(O)c(O)c5oc6c(O)c7c(O)c(O)c(O)c(O)c7c(O)c6c45)c4c(O)c(O)c(O)c(O)c34)c2O)c(O)c1O. The van der Waals surface area contributed by atoms with Crippen molar-refractivity contribution < 1.29 is 295 Å². The summed E-state index contributed by atoms with van der Waals surface area (Å²) in [5.74, 6) is -92.8. The number of fused-ring (bicyclic) bond motifs is 12. The third kappa shape index (κ3) is 11.2. The molecule has 148 heavy (non-hydrogen) atoms. The summed E-state index contributed by atoms with van der Waals surface area (Å²) in [7, 11) is 0. The van der Waals surface area contributed by atoms with Crippen molar-refractivity contribution in [3.05, 3.63) is 22.6 Å². The third-order valence-electron chi connectivity index (χ3n) is 25.3. The van der Waals surface area contributed by atoms with Crippen molar-refractivity contribution in [3.63, 3.8) is 0 Å². The molecular formula is C90H58O58. The summed E-state index contributed by atoms with van der Waals surface area (Å²) < 4.78 is 11.1. The summed E-state index contributed by atoms with van der Waals surface area (Å²) in [6.07, 6.45) is -5.87. The van der Waals surface area contributed by atoms with Crippen LogP contribution in [0.2, 0.25) is 0 Å². The van der Waals surface area contributed by atoms with Gasteiger partial charge in [0.25, 0.3) is 0 Å². The maximum atomic E-state index is 12.5. The van der Waals surface area contributed by atoms with Crippen LogP contribution in [0, 0.1) is 0 Å². The van der Waals surface area contributed by atoms with Crippen molar-refractivity contribution in [1.82, 2.24) is 0 Å².